The summed E-state index contributed by atoms with van der Waals surface area (Å²) in [6, 6.07) is 5.00. The van der Waals surface area contributed by atoms with Gasteiger partial charge in [-0.25, -0.2) is 9.37 Å². The number of aromatic amines is 1. The van der Waals surface area contributed by atoms with Gasteiger partial charge in [-0.15, -0.1) is 0 Å². The van der Waals surface area contributed by atoms with Gasteiger partial charge in [0.25, 0.3) is 0 Å². The molecule has 2 heterocycles. The van der Waals surface area contributed by atoms with Gasteiger partial charge in [0, 0.05) is 13.2 Å². The molecule has 0 saturated heterocycles. The lowest BCUT2D eigenvalue weighted by Gasteiger charge is -1.92. The van der Waals surface area contributed by atoms with E-state index in [9.17, 15) is 4.39 Å². The molecule has 4 nitrogen and oxygen atoms in total. The molecule has 0 bridgehead atoms. The van der Waals surface area contributed by atoms with E-state index >= 15 is 0 Å². The number of fused-ring (bicyclic) bond motifs is 1. The molecule has 0 saturated carbocycles. The monoisotopic (exact) mass is 250 g/mol. The summed E-state index contributed by atoms with van der Waals surface area (Å²) in [6.45, 7) is 0. The first-order valence-corrected chi connectivity index (χ1v) is 5.36. The number of aryl methyl sites for hydroxylation is 1. The van der Waals surface area contributed by atoms with E-state index in [4.69, 9.17) is 11.6 Å². The second kappa shape index (κ2) is 3.56. The molecule has 0 radical (unpaired) electrons. The number of hydrogen-bond acceptors (Lipinski definition) is 2. The molecule has 1 N–H and O–H groups in total. The van der Waals surface area contributed by atoms with Gasteiger partial charge in [-0.05, 0) is 18.2 Å². The SMILES string of the molecule is Cn1ccc(-c2nc3c(F)c(Cl)ccc3[nH]2)n1. The van der Waals surface area contributed by atoms with Gasteiger partial charge in [0.2, 0.25) is 0 Å². The fraction of sp³-hybridized carbons (Fsp3) is 0.0909. The Hall–Kier alpha value is -1.88. The molecule has 2 aromatic heterocycles. The summed E-state index contributed by atoms with van der Waals surface area (Å²) in [7, 11) is 1.81. The van der Waals surface area contributed by atoms with E-state index in [1.807, 2.05) is 7.05 Å². The molecule has 0 spiro atoms. The van der Waals surface area contributed by atoms with Crippen LogP contribution in [0.5, 0.6) is 0 Å². The van der Waals surface area contributed by atoms with Crippen LogP contribution in [0.25, 0.3) is 22.6 Å². The Morgan fingerprint density at radius 1 is 1.35 bits per heavy atom. The van der Waals surface area contributed by atoms with E-state index < -0.39 is 5.82 Å². The molecule has 0 aliphatic heterocycles. The van der Waals surface area contributed by atoms with Crippen LogP contribution in [-0.4, -0.2) is 19.7 Å². The number of aromatic nitrogens is 4. The Morgan fingerprint density at radius 3 is 2.88 bits per heavy atom. The lowest BCUT2D eigenvalue weighted by atomic mass is 10.3. The average Bonchev–Trinajstić information content (AvgIpc) is 2.90. The first kappa shape index (κ1) is 10.3. The van der Waals surface area contributed by atoms with E-state index in [1.165, 1.54) is 6.07 Å². The molecule has 86 valence electrons. The van der Waals surface area contributed by atoms with Crippen LogP contribution in [0.3, 0.4) is 0 Å². The largest absolute Gasteiger partial charge is 0.336 e. The minimum Gasteiger partial charge on any atom is -0.336 e. The summed E-state index contributed by atoms with van der Waals surface area (Å²) in [5.41, 5.74) is 1.50. The molecule has 0 amide bonds. The summed E-state index contributed by atoms with van der Waals surface area (Å²) in [6.07, 6.45) is 1.80. The van der Waals surface area contributed by atoms with Gasteiger partial charge in [0.1, 0.15) is 11.2 Å². The van der Waals surface area contributed by atoms with Gasteiger partial charge >= 0.3 is 0 Å². The number of nitrogens with one attached hydrogen (secondary N) is 1. The molecular formula is C11H8ClFN4. The maximum atomic E-state index is 13.7. The standard InChI is InChI=1S/C11H8ClFN4/c1-17-5-4-8(16-17)11-14-7-3-2-6(12)9(13)10(7)15-11/h2-5H,1H3,(H,14,15). The van der Waals surface area contributed by atoms with Crippen molar-refractivity contribution in [3.05, 3.63) is 35.2 Å². The van der Waals surface area contributed by atoms with Crippen molar-refractivity contribution in [2.24, 2.45) is 7.05 Å². The highest BCUT2D eigenvalue weighted by Crippen LogP contribution is 2.25. The van der Waals surface area contributed by atoms with Crippen molar-refractivity contribution < 1.29 is 4.39 Å². The third-order valence-corrected chi connectivity index (χ3v) is 2.79. The van der Waals surface area contributed by atoms with Crippen LogP contribution in [0.4, 0.5) is 4.39 Å². The van der Waals surface area contributed by atoms with E-state index in [-0.39, 0.29) is 10.5 Å². The van der Waals surface area contributed by atoms with Gasteiger partial charge in [0.15, 0.2) is 11.6 Å². The molecule has 0 unspecified atom stereocenters. The molecule has 3 aromatic rings. The summed E-state index contributed by atoms with van der Waals surface area (Å²) in [4.78, 5) is 7.17. The Bertz CT molecular complexity index is 701. The van der Waals surface area contributed by atoms with Gasteiger partial charge in [0.05, 0.1) is 10.5 Å². The fourth-order valence-electron chi connectivity index (χ4n) is 1.68. The number of H-pyrrole nitrogens is 1. The lowest BCUT2D eigenvalue weighted by Crippen LogP contribution is -1.88. The molecule has 0 atom stereocenters. The van der Waals surface area contributed by atoms with Gasteiger partial charge in [-0.1, -0.05) is 11.6 Å². The van der Waals surface area contributed by atoms with Crippen molar-refractivity contribution in [3.8, 4) is 11.5 Å². The fourth-order valence-corrected chi connectivity index (χ4v) is 1.83. The minimum atomic E-state index is -0.511. The molecule has 1 aromatic carbocycles. The summed E-state index contributed by atoms with van der Waals surface area (Å²) in [5, 5.41) is 4.26. The molecule has 0 fully saturated rings. The molecule has 6 heteroatoms. The highest BCUT2D eigenvalue weighted by molar-refractivity contribution is 6.31. The van der Waals surface area contributed by atoms with Crippen LogP contribution in [0.2, 0.25) is 5.02 Å². The van der Waals surface area contributed by atoms with Crippen LogP contribution in [0, 0.1) is 5.82 Å². The summed E-state index contributed by atoms with van der Waals surface area (Å²) in [5.74, 6) is 0.0179. The Morgan fingerprint density at radius 2 is 2.18 bits per heavy atom. The number of hydrogen-bond donors (Lipinski definition) is 1. The third kappa shape index (κ3) is 1.59. The molecule has 0 aliphatic carbocycles. The molecule has 17 heavy (non-hydrogen) atoms. The second-order valence-corrected chi connectivity index (χ2v) is 4.12. The number of nitrogens with zero attached hydrogens (tertiary/aromatic N) is 3. The first-order chi connectivity index (χ1) is 8.15. The Balaban J connectivity index is 2.23. The van der Waals surface area contributed by atoms with Crippen molar-refractivity contribution >= 4 is 22.6 Å². The second-order valence-electron chi connectivity index (χ2n) is 3.72. The highest BCUT2D eigenvalue weighted by Gasteiger charge is 2.12. The number of imidazole rings is 1. The number of halogens is 2. The van der Waals surface area contributed by atoms with Gasteiger partial charge in [-0.3, -0.25) is 4.68 Å². The van der Waals surface area contributed by atoms with E-state index in [0.29, 0.717) is 17.0 Å². The lowest BCUT2D eigenvalue weighted by molar-refractivity contribution is 0.638. The third-order valence-electron chi connectivity index (χ3n) is 2.50. The zero-order chi connectivity index (χ0) is 12.0. The molecular weight excluding hydrogens is 243 g/mol. The molecule has 3 rings (SSSR count). The number of benzene rings is 1. The van der Waals surface area contributed by atoms with E-state index in [2.05, 4.69) is 15.1 Å². The van der Waals surface area contributed by atoms with Gasteiger partial charge < -0.3 is 4.98 Å². The highest BCUT2D eigenvalue weighted by atomic mass is 35.5. The van der Waals surface area contributed by atoms with E-state index in [0.717, 1.165) is 0 Å². The topological polar surface area (TPSA) is 46.5 Å². The predicted molar refractivity (Wildman–Crippen MR) is 63.3 cm³/mol. The van der Waals surface area contributed by atoms with Crippen molar-refractivity contribution in [1.29, 1.82) is 0 Å². The average molecular weight is 251 g/mol. The summed E-state index contributed by atoms with van der Waals surface area (Å²) < 4.78 is 15.4. The van der Waals surface area contributed by atoms with Crippen molar-refractivity contribution in [2.75, 3.05) is 0 Å². The van der Waals surface area contributed by atoms with Gasteiger partial charge in [-0.2, -0.15) is 5.10 Å². The number of rotatable bonds is 1. The maximum Gasteiger partial charge on any atom is 0.169 e. The van der Waals surface area contributed by atoms with E-state index in [1.54, 1.807) is 23.0 Å². The van der Waals surface area contributed by atoms with Crippen molar-refractivity contribution in [3.63, 3.8) is 0 Å². The quantitative estimate of drug-likeness (QED) is 0.722. The van der Waals surface area contributed by atoms with Crippen LogP contribution >= 0.6 is 11.6 Å². The summed E-state index contributed by atoms with van der Waals surface area (Å²) >= 11 is 5.70. The Kier molecular flexibility index (Phi) is 2.16. The molecule has 0 aliphatic rings. The van der Waals surface area contributed by atoms with Crippen molar-refractivity contribution in [1.82, 2.24) is 19.7 Å². The first-order valence-electron chi connectivity index (χ1n) is 4.99. The zero-order valence-electron chi connectivity index (χ0n) is 8.91. The van der Waals surface area contributed by atoms with Crippen LogP contribution in [0.1, 0.15) is 0 Å². The minimum absolute atomic E-state index is 0.0663. The van der Waals surface area contributed by atoms with Crippen molar-refractivity contribution in [2.45, 2.75) is 0 Å². The smallest absolute Gasteiger partial charge is 0.169 e. The van der Waals surface area contributed by atoms with Crippen LogP contribution in [-0.2, 0) is 7.05 Å². The van der Waals surface area contributed by atoms with Crippen LogP contribution < -0.4 is 0 Å². The predicted octanol–water partition coefficient (Wildman–Crippen LogP) is 2.76. The Labute approximate surface area is 101 Å². The normalized spacial score (nSPS) is 11.2. The van der Waals surface area contributed by atoms with Crippen LogP contribution in [0.15, 0.2) is 24.4 Å². The maximum absolute atomic E-state index is 13.7. The zero-order valence-corrected chi connectivity index (χ0v) is 9.66.